The van der Waals surface area contributed by atoms with Gasteiger partial charge in [0, 0.05) is 5.25 Å². The van der Waals surface area contributed by atoms with E-state index in [2.05, 4.69) is 0 Å². The lowest BCUT2D eigenvalue weighted by molar-refractivity contribution is -0.160. The summed E-state index contributed by atoms with van der Waals surface area (Å²) in [5, 5.41) is 0.421. The van der Waals surface area contributed by atoms with E-state index in [0.717, 1.165) is 12.8 Å². The van der Waals surface area contributed by atoms with Crippen molar-refractivity contribution in [3.05, 3.63) is 0 Å². The summed E-state index contributed by atoms with van der Waals surface area (Å²) in [6.07, 6.45) is 6.01. The normalized spacial score (nSPS) is 40.5. The van der Waals surface area contributed by atoms with Gasteiger partial charge in [0.05, 0.1) is 12.3 Å². The molecule has 18 heavy (non-hydrogen) atoms. The minimum absolute atomic E-state index is 0.107. The first-order valence-electron chi connectivity index (χ1n) is 6.72. The van der Waals surface area contributed by atoms with Crippen LogP contribution in [0, 0.1) is 5.92 Å². The summed E-state index contributed by atoms with van der Waals surface area (Å²) in [5.41, 5.74) is 0. The van der Waals surface area contributed by atoms with E-state index in [4.69, 9.17) is 9.47 Å². The highest BCUT2D eigenvalue weighted by atomic mass is 32.2. The van der Waals surface area contributed by atoms with Crippen molar-refractivity contribution < 1.29 is 19.1 Å². The average Bonchev–Trinajstić information content (AvgIpc) is 2.77. The molecule has 1 aliphatic carbocycles. The smallest absolute Gasteiger partial charge is 0.362 e. The van der Waals surface area contributed by atoms with Gasteiger partial charge in [-0.25, -0.2) is 4.79 Å². The first-order chi connectivity index (χ1) is 8.62. The zero-order valence-corrected chi connectivity index (χ0v) is 11.3. The van der Waals surface area contributed by atoms with Crippen molar-refractivity contribution in [2.75, 3.05) is 0 Å². The fourth-order valence-electron chi connectivity index (χ4n) is 3.19. The largest absolute Gasteiger partial charge is 0.459 e. The van der Waals surface area contributed by atoms with Crippen LogP contribution >= 0.6 is 11.8 Å². The highest BCUT2D eigenvalue weighted by Crippen LogP contribution is 2.53. The molecular formula is C13H18O4S. The Hall–Kier alpha value is -0.710. The molecule has 0 amide bonds. The van der Waals surface area contributed by atoms with Crippen LogP contribution in [0.5, 0.6) is 0 Å². The number of carbonyl (C=O) groups is 2. The lowest BCUT2D eigenvalue weighted by Gasteiger charge is -2.29. The van der Waals surface area contributed by atoms with Crippen LogP contribution in [-0.2, 0) is 19.1 Å². The van der Waals surface area contributed by atoms with E-state index in [1.54, 1.807) is 11.8 Å². The molecule has 0 N–H and O–H groups in total. The molecule has 3 atom stereocenters. The number of cyclic esters (lactones) is 1. The van der Waals surface area contributed by atoms with Crippen molar-refractivity contribution in [2.45, 2.75) is 61.7 Å². The second kappa shape index (κ2) is 4.44. The van der Waals surface area contributed by atoms with Gasteiger partial charge in [-0.2, -0.15) is 0 Å². The van der Waals surface area contributed by atoms with Gasteiger partial charge in [0.15, 0.2) is 0 Å². The lowest BCUT2D eigenvalue weighted by Crippen LogP contribution is -2.38. The van der Waals surface area contributed by atoms with E-state index in [0.29, 0.717) is 11.7 Å². The van der Waals surface area contributed by atoms with Gasteiger partial charge in [0.1, 0.15) is 6.10 Å². The third kappa shape index (κ3) is 1.83. The van der Waals surface area contributed by atoms with Crippen LogP contribution in [-0.4, -0.2) is 28.2 Å². The number of hydrogen-bond donors (Lipinski definition) is 0. The third-order valence-corrected chi connectivity index (χ3v) is 5.89. The number of fused-ring (bicyclic) bond motifs is 1. The molecule has 0 aromatic carbocycles. The molecule has 1 saturated carbocycles. The molecule has 0 spiro atoms. The zero-order chi connectivity index (χ0) is 12.8. The maximum absolute atomic E-state index is 12.1. The second-order valence-electron chi connectivity index (χ2n) is 5.44. The van der Waals surface area contributed by atoms with Crippen LogP contribution < -0.4 is 0 Å². The molecule has 100 valence electrons. The Morgan fingerprint density at radius 1 is 1.22 bits per heavy atom. The van der Waals surface area contributed by atoms with Gasteiger partial charge in [0.2, 0.25) is 0 Å². The van der Waals surface area contributed by atoms with Gasteiger partial charge in [-0.15, -0.1) is 0 Å². The van der Waals surface area contributed by atoms with Gasteiger partial charge in [-0.05, 0) is 19.8 Å². The van der Waals surface area contributed by atoms with Gasteiger partial charge in [0.25, 0.3) is 4.93 Å². The molecule has 5 heteroatoms. The predicted octanol–water partition coefficient (Wildman–Crippen LogP) is 2.26. The number of thioether (sulfide) groups is 1. The van der Waals surface area contributed by atoms with Crippen molar-refractivity contribution in [2.24, 2.45) is 5.92 Å². The van der Waals surface area contributed by atoms with Gasteiger partial charge in [-0.1, -0.05) is 31.0 Å². The van der Waals surface area contributed by atoms with E-state index >= 15 is 0 Å². The number of ether oxygens (including phenoxy) is 2. The summed E-state index contributed by atoms with van der Waals surface area (Å²) in [6.45, 7) is 1.85. The topological polar surface area (TPSA) is 52.6 Å². The molecule has 2 saturated heterocycles. The number of carbonyl (C=O) groups excluding carboxylic acids is 2. The summed E-state index contributed by atoms with van der Waals surface area (Å²) < 4.78 is 10.7. The minimum atomic E-state index is -1.03. The Balaban J connectivity index is 1.81. The van der Waals surface area contributed by atoms with Crippen LogP contribution in [0.15, 0.2) is 0 Å². The minimum Gasteiger partial charge on any atom is -0.459 e. The summed E-state index contributed by atoms with van der Waals surface area (Å²) in [7, 11) is 0. The predicted molar refractivity (Wildman–Crippen MR) is 66.9 cm³/mol. The molecule has 3 fully saturated rings. The average molecular weight is 270 g/mol. The van der Waals surface area contributed by atoms with Crippen molar-refractivity contribution in [1.29, 1.82) is 0 Å². The quantitative estimate of drug-likeness (QED) is 0.720. The maximum atomic E-state index is 12.1. The summed E-state index contributed by atoms with van der Waals surface area (Å²) >= 11 is 1.54. The molecule has 0 bridgehead atoms. The molecule has 0 aromatic rings. The molecule has 3 rings (SSSR count). The van der Waals surface area contributed by atoms with Crippen molar-refractivity contribution >= 4 is 23.7 Å². The van der Waals surface area contributed by atoms with E-state index < -0.39 is 4.93 Å². The Morgan fingerprint density at radius 3 is 2.67 bits per heavy atom. The fraction of sp³-hybridized carbons (Fsp3) is 0.846. The first-order valence-corrected chi connectivity index (χ1v) is 7.60. The zero-order valence-electron chi connectivity index (χ0n) is 10.5. The highest BCUT2D eigenvalue weighted by Gasteiger charge is 2.65. The van der Waals surface area contributed by atoms with Crippen molar-refractivity contribution in [3.8, 4) is 0 Å². The monoisotopic (exact) mass is 270 g/mol. The van der Waals surface area contributed by atoms with E-state index in [9.17, 15) is 9.59 Å². The molecule has 2 aliphatic heterocycles. The number of hydrogen-bond acceptors (Lipinski definition) is 5. The van der Waals surface area contributed by atoms with Crippen LogP contribution in [0.3, 0.4) is 0 Å². The lowest BCUT2D eigenvalue weighted by atomic mass is 9.98. The van der Waals surface area contributed by atoms with E-state index in [-0.39, 0.29) is 24.0 Å². The molecule has 4 nitrogen and oxygen atoms in total. The second-order valence-corrected chi connectivity index (χ2v) is 6.95. The van der Waals surface area contributed by atoms with Crippen LogP contribution in [0.2, 0.25) is 0 Å². The SMILES string of the molecule is C[C@@H]1OC(=O)[C@@]2(SC3CCCCC3)OC(=O)C[C@@H]12. The van der Waals surface area contributed by atoms with Crippen LogP contribution in [0.4, 0.5) is 0 Å². The van der Waals surface area contributed by atoms with E-state index in [1.165, 1.54) is 19.3 Å². The molecule has 0 unspecified atom stereocenters. The van der Waals surface area contributed by atoms with Crippen molar-refractivity contribution in [3.63, 3.8) is 0 Å². The molecule has 0 radical (unpaired) electrons. The van der Waals surface area contributed by atoms with Crippen molar-refractivity contribution in [1.82, 2.24) is 0 Å². The maximum Gasteiger partial charge on any atom is 0.362 e. The number of esters is 2. The Bertz CT molecular complexity index is 377. The molecule has 3 aliphatic rings. The summed E-state index contributed by atoms with van der Waals surface area (Å²) in [4.78, 5) is 22.6. The van der Waals surface area contributed by atoms with Crippen LogP contribution in [0.1, 0.15) is 45.4 Å². The molecule has 2 heterocycles. The standard InChI is InChI=1S/C13H18O4S/c1-8-10-7-11(14)17-13(10,12(15)16-8)18-9-5-3-2-4-6-9/h8-10H,2-7H2,1H3/t8-,10-,13+/m0/s1. The molecule has 0 aromatic heterocycles. The van der Waals surface area contributed by atoms with E-state index in [1.807, 2.05) is 6.92 Å². The van der Waals surface area contributed by atoms with Crippen LogP contribution in [0.25, 0.3) is 0 Å². The number of rotatable bonds is 2. The van der Waals surface area contributed by atoms with Gasteiger partial charge >= 0.3 is 11.9 Å². The molecular weight excluding hydrogens is 252 g/mol. The fourth-order valence-corrected chi connectivity index (χ4v) is 4.99. The van der Waals surface area contributed by atoms with Gasteiger partial charge < -0.3 is 9.47 Å². The Labute approximate surface area is 111 Å². The third-order valence-electron chi connectivity index (χ3n) is 4.18. The first kappa shape index (κ1) is 12.3. The Kier molecular flexibility index (Phi) is 3.04. The highest BCUT2D eigenvalue weighted by molar-refractivity contribution is 8.01. The van der Waals surface area contributed by atoms with Gasteiger partial charge in [-0.3, -0.25) is 4.79 Å². The summed E-state index contributed by atoms with van der Waals surface area (Å²) in [6, 6.07) is 0. The summed E-state index contributed by atoms with van der Waals surface area (Å²) in [5.74, 6) is -0.711. The Morgan fingerprint density at radius 2 is 1.94 bits per heavy atom.